The van der Waals surface area contributed by atoms with Gasteiger partial charge in [0.2, 0.25) is 0 Å². The first-order valence-corrected chi connectivity index (χ1v) is 12.1. The molecule has 2 aromatic rings. The fourth-order valence-electron chi connectivity index (χ4n) is 6.45. The van der Waals surface area contributed by atoms with E-state index in [0.717, 1.165) is 12.0 Å². The van der Waals surface area contributed by atoms with Crippen LogP contribution in [-0.2, 0) is 0 Å². The summed E-state index contributed by atoms with van der Waals surface area (Å²) in [4.78, 5) is 0. The highest BCUT2D eigenvalue weighted by molar-refractivity contribution is 5.79. The normalized spacial score (nSPS) is 29.0. The number of hydrogen-bond donors (Lipinski definition) is 0. The predicted octanol–water partition coefficient (Wildman–Crippen LogP) is 8.79. The molecule has 0 spiro atoms. The Morgan fingerprint density at radius 3 is 2.15 bits per heavy atom. The quantitative estimate of drug-likeness (QED) is 0.427. The standard InChI is InChI=1S/C33H34/c1-19(2)25-13-15-26(16-14-25)28-17-29-24(7)31(27-11-9-8-10-12-27)33-23(6)21(4)20(3)22(5)32(33)30(29)18-28/h8-17,20,23,31-33H,1,4-5,7,18H2,2-3,6H3. The third-order valence-corrected chi connectivity index (χ3v) is 8.49. The minimum absolute atomic E-state index is 0.285. The Balaban J connectivity index is 1.61. The van der Waals surface area contributed by atoms with Crippen LogP contribution in [0.1, 0.15) is 49.8 Å². The van der Waals surface area contributed by atoms with Crippen molar-refractivity contribution in [1.82, 2.24) is 0 Å². The molecule has 0 heterocycles. The molecule has 0 nitrogen and oxygen atoms in total. The Kier molecular flexibility index (Phi) is 5.28. The fourth-order valence-corrected chi connectivity index (χ4v) is 6.45. The van der Waals surface area contributed by atoms with Crippen molar-refractivity contribution in [2.45, 2.75) is 33.1 Å². The van der Waals surface area contributed by atoms with Gasteiger partial charge in [-0.15, -0.1) is 0 Å². The molecule has 5 rings (SSSR count). The molecule has 0 bridgehead atoms. The van der Waals surface area contributed by atoms with E-state index in [1.165, 1.54) is 50.1 Å². The number of benzene rings is 2. The molecule has 0 saturated heterocycles. The summed E-state index contributed by atoms with van der Waals surface area (Å²) < 4.78 is 0. The number of rotatable bonds is 3. The Labute approximate surface area is 199 Å². The van der Waals surface area contributed by atoms with Crippen LogP contribution in [0.25, 0.3) is 11.1 Å². The van der Waals surface area contributed by atoms with Crippen LogP contribution in [0.15, 0.2) is 115 Å². The van der Waals surface area contributed by atoms with Crippen LogP contribution >= 0.6 is 0 Å². The van der Waals surface area contributed by atoms with Crippen molar-refractivity contribution in [1.29, 1.82) is 0 Å². The van der Waals surface area contributed by atoms with Gasteiger partial charge in [-0.2, -0.15) is 0 Å². The molecular formula is C33H34. The Hall–Kier alpha value is -3.12. The van der Waals surface area contributed by atoms with Crippen molar-refractivity contribution in [3.8, 4) is 0 Å². The van der Waals surface area contributed by atoms with Gasteiger partial charge in [0.25, 0.3) is 0 Å². The summed E-state index contributed by atoms with van der Waals surface area (Å²) in [5, 5.41) is 0. The van der Waals surface area contributed by atoms with Crippen LogP contribution in [0.2, 0.25) is 0 Å². The minimum Gasteiger partial charge on any atom is -0.0990 e. The minimum atomic E-state index is 0.285. The van der Waals surface area contributed by atoms with E-state index >= 15 is 0 Å². The van der Waals surface area contributed by atoms with E-state index in [4.69, 9.17) is 6.58 Å². The van der Waals surface area contributed by atoms with Crippen LogP contribution in [0.4, 0.5) is 0 Å². The van der Waals surface area contributed by atoms with Gasteiger partial charge in [-0.25, -0.2) is 0 Å². The molecule has 1 saturated carbocycles. The van der Waals surface area contributed by atoms with E-state index < -0.39 is 0 Å². The molecule has 0 radical (unpaired) electrons. The Morgan fingerprint density at radius 2 is 1.52 bits per heavy atom. The number of fused-ring (bicyclic) bond motifs is 2. The second kappa shape index (κ2) is 8.03. The first-order chi connectivity index (χ1) is 15.8. The van der Waals surface area contributed by atoms with Gasteiger partial charge in [-0.3, -0.25) is 0 Å². The van der Waals surface area contributed by atoms with E-state index in [0.29, 0.717) is 23.7 Å². The van der Waals surface area contributed by atoms with Crippen molar-refractivity contribution in [2.75, 3.05) is 0 Å². The van der Waals surface area contributed by atoms with E-state index in [9.17, 15) is 0 Å². The third kappa shape index (κ3) is 3.35. The number of hydrogen-bond acceptors (Lipinski definition) is 0. The van der Waals surface area contributed by atoms with Gasteiger partial charge in [0.05, 0.1) is 0 Å². The van der Waals surface area contributed by atoms with Gasteiger partial charge in [-0.05, 0) is 64.5 Å². The first kappa shape index (κ1) is 21.7. The molecule has 3 aliphatic carbocycles. The molecule has 0 aromatic heterocycles. The molecule has 166 valence electrons. The van der Waals surface area contributed by atoms with Crippen molar-refractivity contribution >= 4 is 11.1 Å². The van der Waals surface area contributed by atoms with Crippen LogP contribution in [0, 0.1) is 23.7 Å². The molecule has 5 unspecified atom stereocenters. The van der Waals surface area contributed by atoms with E-state index in [2.05, 4.69) is 101 Å². The maximum atomic E-state index is 4.70. The molecule has 0 heteroatoms. The lowest BCUT2D eigenvalue weighted by Gasteiger charge is -2.51. The second-order valence-corrected chi connectivity index (χ2v) is 10.3. The lowest BCUT2D eigenvalue weighted by molar-refractivity contribution is 0.235. The van der Waals surface area contributed by atoms with E-state index in [-0.39, 0.29) is 5.92 Å². The summed E-state index contributed by atoms with van der Waals surface area (Å²) in [6.45, 7) is 24.7. The van der Waals surface area contributed by atoms with Gasteiger partial charge < -0.3 is 0 Å². The van der Waals surface area contributed by atoms with Crippen molar-refractivity contribution in [2.24, 2.45) is 23.7 Å². The largest absolute Gasteiger partial charge is 0.0990 e. The van der Waals surface area contributed by atoms with E-state index in [1.54, 1.807) is 0 Å². The molecule has 0 N–H and O–H groups in total. The van der Waals surface area contributed by atoms with E-state index in [1.807, 2.05) is 0 Å². The zero-order valence-electron chi connectivity index (χ0n) is 20.2. The highest BCUT2D eigenvalue weighted by Crippen LogP contribution is 2.61. The van der Waals surface area contributed by atoms with Gasteiger partial charge in [0.15, 0.2) is 0 Å². The lowest BCUT2D eigenvalue weighted by Crippen LogP contribution is -2.41. The molecule has 3 aliphatic rings. The maximum Gasteiger partial charge on any atom is 0.0132 e. The Bertz CT molecular complexity index is 1230. The highest BCUT2D eigenvalue weighted by atomic mass is 14.5. The maximum absolute atomic E-state index is 4.70. The summed E-state index contributed by atoms with van der Waals surface area (Å²) in [6, 6.07) is 19.8. The van der Waals surface area contributed by atoms with Crippen molar-refractivity contribution in [3.63, 3.8) is 0 Å². The smallest absolute Gasteiger partial charge is 0.0132 e. The van der Waals surface area contributed by atoms with Crippen LogP contribution in [0.3, 0.4) is 0 Å². The predicted molar refractivity (Wildman–Crippen MR) is 143 cm³/mol. The zero-order chi connectivity index (χ0) is 23.4. The molecule has 1 fully saturated rings. The van der Waals surface area contributed by atoms with Crippen molar-refractivity contribution in [3.05, 3.63) is 132 Å². The monoisotopic (exact) mass is 430 g/mol. The van der Waals surface area contributed by atoms with Crippen LogP contribution in [0.5, 0.6) is 0 Å². The molecule has 33 heavy (non-hydrogen) atoms. The number of allylic oxidation sites excluding steroid dienone is 8. The molecular weight excluding hydrogens is 396 g/mol. The summed E-state index contributed by atoms with van der Waals surface area (Å²) in [5.74, 6) is 1.84. The van der Waals surface area contributed by atoms with Crippen LogP contribution < -0.4 is 0 Å². The third-order valence-electron chi connectivity index (χ3n) is 8.49. The van der Waals surface area contributed by atoms with Gasteiger partial charge in [0, 0.05) is 11.8 Å². The lowest BCUT2D eigenvalue weighted by atomic mass is 9.53. The summed E-state index contributed by atoms with van der Waals surface area (Å²) in [6.07, 6.45) is 3.39. The Morgan fingerprint density at radius 1 is 0.848 bits per heavy atom. The topological polar surface area (TPSA) is 0 Å². The first-order valence-electron chi connectivity index (χ1n) is 12.1. The van der Waals surface area contributed by atoms with Crippen LogP contribution in [-0.4, -0.2) is 0 Å². The average molecular weight is 431 g/mol. The SMILES string of the molecule is C=C(C)c1ccc(C2=CC3=C(C2)C2C(=C)C(C)C(=C)C(C)C2C(c2ccccc2)C3=C)cc1. The molecule has 5 atom stereocenters. The molecule has 0 amide bonds. The fraction of sp³-hybridized carbons (Fsp3) is 0.273. The summed E-state index contributed by atoms with van der Waals surface area (Å²) in [7, 11) is 0. The van der Waals surface area contributed by atoms with Crippen molar-refractivity contribution < 1.29 is 0 Å². The summed E-state index contributed by atoms with van der Waals surface area (Å²) >= 11 is 0. The zero-order valence-corrected chi connectivity index (χ0v) is 20.2. The average Bonchev–Trinajstić information content (AvgIpc) is 3.27. The second-order valence-electron chi connectivity index (χ2n) is 10.3. The van der Waals surface area contributed by atoms with Gasteiger partial charge in [-0.1, -0.05) is 123 Å². The molecule has 2 aromatic carbocycles. The van der Waals surface area contributed by atoms with Gasteiger partial charge in [0.1, 0.15) is 0 Å². The van der Waals surface area contributed by atoms with Gasteiger partial charge >= 0.3 is 0 Å². The molecule has 0 aliphatic heterocycles. The highest BCUT2D eigenvalue weighted by Gasteiger charge is 2.50. The summed E-state index contributed by atoms with van der Waals surface area (Å²) in [5.41, 5.74) is 13.1.